The van der Waals surface area contributed by atoms with Gasteiger partial charge in [0, 0.05) is 22.7 Å². The van der Waals surface area contributed by atoms with Crippen molar-refractivity contribution in [1.29, 1.82) is 5.26 Å². The van der Waals surface area contributed by atoms with E-state index in [9.17, 15) is 10.1 Å². The highest BCUT2D eigenvalue weighted by atomic mass is 16.1. The average Bonchev–Trinajstić information content (AvgIpc) is 3.00. The van der Waals surface area contributed by atoms with Gasteiger partial charge in [0.25, 0.3) is 5.91 Å². The smallest absolute Gasteiger partial charge is 0.274 e. The Morgan fingerprint density at radius 3 is 2.48 bits per heavy atom. The predicted octanol–water partition coefficient (Wildman–Crippen LogP) is 5.54. The first kappa shape index (κ1) is 27.4. The number of carbonyl (C=O) groups is 1. The fourth-order valence-electron chi connectivity index (χ4n) is 3.89. The lowest BCUT2D eigenvalue weighted by Crippen LogP contribution is -2.26. The van der Waals surface area contributed by atoms with Crippen molar-refractivity contribution in [3.05, 3.63) is 102 Å². The Balaban J connectivity index is 0.00000118. The largest absolute Gasteiger partial charge is 0.382 e. The van der Waals surface area contributed by atoms with Crippen molar-refractivity contribution in [2.24, 2.45) is 0 Å². The highest BCUT2D eigenvalue weighted by molar-refractivity contribution is 5.98. The summed E-state index contributed by atoms with van der Waals surface area (Å²) in [6.45, 7) is 4.39. The van der Waals surface area contributed by atoms with Gasteiger partial charge in [-0.25, -0.2) is 15.0 Å². The molecule has 0 spiro atoms. The van der Waals surface area contributed by atoms with Crippen LogP contribution in [-0.2, 0) is 6.54 Å². The number of terminal acetylenes is 1. The molecule has 8 nitrogen and oxygen atoms in total. The summed E-state index contributed by atoms with van der Waals surface area (Å²) in [5.74, 6) is 1.94. The predicted molar refractivity (Wildman–Crippen MR) is 157 cm³/mol. The summed E-state index contributed by atoms with van der Waals surface area (Å²) in [6, 6.07) is 23.8. The summed E-state index contributed by atoms with van der Waals surface area (Å²) in [6.07, 6.45) is 8.39. The molecule has 0 saturated heterocycles. The number of carbonyl (C=O) groups excluding carboxylic acids is 1. The van der Waals surface area contributed by atoms with E-state index in [0.717, 1.165) is 16.5 Å². The fourth-order valence-corrected chi connectivity index (χ4v) is 3.89. The number of hydrogen-bond donors (Lipinski definition) is 2. The van der Waals surface area contributed by atoms with Crippen LogP contribution in [0.25, 0.3) is 33.4 Å². The van der Waals surface area contributed by atoms with Crippen LogP contribution in [0.4, 0.5) is 5.82 Å². The van der Waals surface area contributed by atoms with Crippen molar-refractivity contribution < 1.29 is 4.79 Å². The molecule has 0 aliphatic heterocycles. The number of nitrogen functional groups attached to an aromatic ring is 1. The first-order chi connectivity index (χ1) is 19.5. The molecule has 0 fully saturated rings. The maximum absolute atomic E-state index is 13.1. The van der Waals surface area contributed by atoms with Gasteiger partial charge in [0.2, 0.25) is 0 Å². The lowest BCUT2D eigenvalue weighted by atomic mass is 10.0. The van der Waals surface area contributed by atoms with Crippen LogP contribution < -0.4 is 11.1 Å². The average molecular weight is 526 g/mol. The molecule has 0 aliphatic rings. The molecule has 0 unspecified atom stereocenters. The maximum Gasteiger partial charge on any atom is 0.274 e. The Bertz CT molecular complexity index is 1770. The zero-order valence-corrected chi connectivity index (χ0v) is 22.2. The second kappa shape index (κ2) is 12.8. The van der Waals surface area contributed by atoms with Crippen molar-refractivity contribution in [3.63, 3.8) is 0 Å². The molecule has 0 bridgehead atoms. The first-order valence-electron chi connectivity index (χ1n) is 12.7. The first-order valence-corrected chi connectivity index (χ1v) is 12.7. The second-order valence-electron chi connectivity index (χ2n) is 8.81. The molecular formula is C32H27N7O. The number of rotatable bonds is 5. The summed E-state index contributed by atoms with van der Waals surface area (Å²) in [5, 5.41) is 13.1. The van der Waals surface area contributed by atoms with E-state index < -0.39 is 5.91 Å². The molecule has 0 aliphatic carbocycles. The van der Waals surface area contributed by atoms with Crippen molar-refractivity contribution in [1.82, 2.24) is 25.3 Å². The van der Waals surface area contributed by atoms with E-state index in [1.807, 2.05) is 36.4 Å². The number of fused-ring (bicyclic) bond motifs is 1. The number of amides is 1. The third-order valence-corrected chi connectivity index (χ3v) is 5.66. The minimum Gasteiger partial charge on any atom is -0.382 e. The van der Waals surface area contributed by atoms with Gasteiger partial charge in [-0.3, -0.25) is 9.78 Å². The minimum absolute atomic E-state index is 0.0189. The van der Waals surface area contributed by atoms with Crippen LogP contribution in [0.15, 0.2) is 79.0 Å². The Morgan fingerprint density at radius 1 is 0.950 bits per heavy atom. The highest BCUT2D eigenvalue weighted by Crippen LogP contribution is 2.32. The van der Waals surface area contributed by atoms with Crippen LogP contribution in [-0.4, -0.2) is 25.8 Å². The molecule has 3 heterocycles. The SMILES string of the molecule is C#Cc1cccc(CNC(=O)c2nc(-c3ccc4ncccc4c3)c(-c3cccc(C#N)c3)nc2N)n1.CCC. The van der Waals surface area contributed by atoms with E-state index in [1.54, 1.807) is 42.6 Å². The van der Waals surface area contributed by atoms with E-state index in [1.165, 1.54) is 6.42 Å². The summed E-state index contributed by atoms with van der Waals surface area (Å²) < 4.78 is 0. The van der Waals surface area contributed by atoms with Crippen molar-refractivity contribution >= 4 is 22.6 Å². The molecule has 196 valence electrons. The number of hydrogen-bond acceptors (Lipinski definition) is 7. The van der Waals surface area contributed by atoms with Crippen LogP contribution in [0.5, 0.6) is 0 Å². The zero-order chi connectivity index (χ0) is 28.5. The molecule has 0 saturated carbocycles. The van der Waals surface area contributed by atoms with Crippen LogP contribution in [0.1, 0.15) is 47.7 Å². The number of pyridine rings is 2. The molecule has 3 aromatic heterocycles. The van der Waals surface area contributed by atoms with Crippen LogP contribution in [0.3, 0.4) is 0 Å². The van der Waals surface area contributed by atoms with Crippen molar-refractivity contribution in [3.8, 4) is 40.9 Å². The minimum atomic E-state index is -0.501. The van der Waals surface area contributed by atoms with Gasteiger partial charge in [-0.2, -0.15) is 5.26 Å². The molecule has 0 atom stereocenters. The number of aromatic nitrogens is 4. The number of nitrogens with zero attached hydrogens (tertiary/aromatic N) is 5. The highest BCUT2D eigenvalue weighted by Gasteiger charge is 2.20. The van der Waals surface area contributed by atoms with Crippen LogP contribution in [0.2, 0.25) is 0 Å². The van der Waals surface area contributed by atoms with E-state index >= 15 is 0 Å². The molecule has 3 N–H and O–H groups in total. The van der Waals surface area contributed by atoms with Gasteiger partial charge in [0.15, 0.2) is 11.5 Å². The monoisotopic (exact) mass is 525 g/mol. The summed E-state index contributed by atoms with van der Waals surface area (Å²) in [7, 11) is 0. The standard InChI is InChI=1S/C29H19N7O.C3H8/c1-2-22-9-4-10-23(34-22)17-33-29(37)27-28(31)36-26(20-7-3-6-18(14-20)16-30)25(35-27)21-11-12-24-19(15-21)8-5-13-32-24;1-3-2/h1,3-15H,17H2,(H2,31,36)(H,33,37);3H2,1-2H3. The zero-order valence-electron chi connectivity index (χ0n) is 22.2. The van der Waals surface area contributed by atoms with Gasteiger partial charge in [0.05, 0.1) is 40.8 Å². The lowest BCUT2D eigenvalue weighted by molar-refractivity contribution is 0.0946. The van der Waals surface area contributed by atoms with Crippen molar-refractivity contribution in [2.45, 2.75) is 26.8 Å². The van der Waals surface area contributed by atoms with Crippen molar-refractivity contribution in [2.75, 3.05) is 5.73 Å². The summed E-state index contributed by atoms with van der Waals surface area (Å²) in [5.41, 5.74) is 10.9. The third-order valence-electron chi connectivity index (χ3n) is 5.66. The second-order valence-corrected chi connectivity index (χ2v) is 8.81. The van der Waals surface area contributed by atoms with Gasteiger partial charge in [0.1, 0.15) is 5.69 Å². The molecule has 0 radical (unpaired) electrons. The molecule has 40 heavy (non-hydrogen) atoms. The summed E-state index contributed by atoms with van der Waals surface area (Å²) in [4.78, 5) is 31.0. The Hall–Kier alpha value is -5.60. The number of anilines is 1. The van der Waals surface area contributed by atoms with E-state index in [-0.39, 0.29) is 18.1 Å². The summed E-state index contributed by atoms with van der Waals surface area (Å²) >= 11 is 0. The van der Waals surface area contributed by atoms with Gasteiger partial charge in [-0.1, -0.05) is 56.5 Å². The maximum atomic E-state index is 13.1. The Labute approximate surface area is 233 Å². The topological polar surface area (TPSA) is 130 Å². The number of nitriles is 1. The molecule has 8 heteroatoms. The quantitative estimate of drug-likeness (QED) is 0.288. The van der Waals surface area contributed by atoms with Gasteiger partial charge in [-0.15, -0.1) is 6.42 Å². The lowest BCUT2D eigenvalue weighted by Gasteiger charge is -2.14. The molecular weight excluding hydrogens is 498 g/mol. The Morgan fingerprint density at radius 2 is 1.70 bits per heavy atom. The Kier molecular flexibility index (Phi) is 8.76. The fraction of sp³-hybridized carbons (Fsp3) is 0.125. The van der Waals surface area contributed by atoms with Gasteiger partial charge in [-0.05, 0) is 42.5 Å². The molecule has 2 aromatic carbocycles. The third kappa shape index (κ3) is 6.27. The number of benzene rings is 2. The van der Waals surface area contributed by atoms with Crippen LogP contribution >= 0.6 is 0 Å². The van der Waals surface area contributed by atoms with E-state index in [2.05, 4.69) is 51.1 Å². The van der Waals surface area contributed by atoms with E-state index in [4.69, 9.17) is 12.2 Å². The normalized spacial score (nSPS) is 10.1. The molecule has 1 amide bonds. The molecule has 5 aromatic rings. The van der Waals surface area contributed by atoms with Crippen LogP contribution in [0, 0.1) is 23.7 Å². The number of nitrogens with one attached hydrogen (secondary N) is 1. The number of nitrogens with two attached hydrogens (primary N) is 1. The molecule has 5 rings (SSSR count). The van der Waals surface area contributed by atoms with Gasteiger partial charge < -0.3 is 11.1 Å². The van der Waals surface area contributed by atoms with E-state index in [0.29, 0.717) is 33.9 Å². The van der Waals surface area contributed by atoms with Gasteiger partial charge >= 0.3 is 0 Å².